The molecular weight excluding hydrogens is 317 g/mol. The maximum absolute atomic E-state index is 12.0. The summed E-state index contributed by atoms with van der Waals surface area (Å²) in [7, 11) is 1.45. The number of halogens is 4. The molecule has 0 amide bonds. The van der Waals surface area contributed by atoms with Crippen LogP contribution in [-0.2, 0) is 9.05 Å². The van der Waals surface area contributed by atoms with Crippen molar-refractivity contribution in [2.45, 2.75) is 37.8 Å². The van der Waals surface area contributed by atoms with Gasteiger partial charge >= 0.3 is 6.18 Å². The third-order valence-corrected chi connectivity index (χ3v) is 4.15. The van der Waals surface area contributed by atoms with Crippen LogP contribution in [0.3, 0.4) is 0 Å². The lowest BCUT2D eigenvalue weighted by Crippen LogP contribution is -2.10. The van der Waals surface area contributed by atoms with Gasteiger partial charge in [-0.1, -0.05) is 0 Å². The van der Waals surface area contributed by atoms with Gasteiger partial charge in [0.2, 0.25) is 0 Å². The second-order valence-electron chi connectivity index (χ2n) is 4.39. The molecule has 0 aliphatic heterocycles. The Morgan fingerprint density at radius 1 is 1.20 bits per heavy atom. The van der Waals surface area contributed by atoms with Gasteiger partial charge in [-0.3, -0.25) is 0 Å². The van der Waals surface area contributed by atoms with Crippen LogP contribution in [0.2, 0.25) is 0 Å². The summed E-state index contributed by atoms with van der Waals surface area (Å²) >= 11 is 0. The van der Waals surface area contributed by atoms with Gasteiger partial charge < -0.3 is 4.74 Å². The van der Waals surface area contributed by atoms with E-state index in [-0.39, 0.29) is 17.9 Å². The normalized spacial score (nSPS) is 12.5. The number of hydrogen-bond donors (Lipinski definition) is 0. The molecule has 0 fully saturated rings. The van der Waals surface area contributed by atoms with Crippen molar-refractivity contribution >= 4 is 19.7 Å². The summed E-state index contributed by atoms with van der Waals surface area (Å²) in [5.74, 6) is 0.325. The Morgan fingerprint density at radius 2 is 1.70 bits per heavy atom. The topological polar surface area (TPSA) is 43.4 Å². The molecule has 0 spiro atoms. The van der Waals surface area contributed by atoms with Gasteiger partial charge in [-0.05, 0) is 43.5 Å². The molecule has 0 saturated carbocycles. The van der Waals surface area contributed by atoms with E-state index in [0.29, 0.717) is 16.9 Å². The molecule has 1 aromatic rings. The van der Waals surface area contributed by atoms with Crippen LogP contribution >= 0.6 is 10.7 Å². The maximum Gasteiger partial charge on any atom is 0.389 e. The van der Waals surface area contributed by atoms with E-state index in [0.717, 1.165) is 0 Å². The zero-order chi connectivity index (χ0) is 15.6. The van der Waals surface area contributed by atoms with Crippen molar-refractivity contribution in [1.29, 1.82) is 0 Å². The maximum atomic E-state index is 12.0. The van der Waals surface area contributed by atoms with Crippen LogP contribution in [-0.4, -0.2) is 21.2 Å². The Kier molecular flexibility index (Phi) is 5.32. The molecule has 1 rings (SSSR count). The quantitative estimate of drug-likeness (QED) is 0.606. The molecule has 8 heteroatoms. The van der Waals surface area contributed by atoms with Crippen molar-refractivity contribution in [1.82, 2.24) is 0 Å². The molecule has 20 heavy (non-hydrogen) atoms. The first-order valence-electron chi connectivity index (χ1n) is 5.76. The van der Waals surface area contributed by atoms with E-state index < -0.39 is 21.6 Å². The largest absolute Gasteiger partial charge is 0.494 e. The third-order valence-electron chi connectivity index (χ3n) is 2.55. The summed E-state index contributed by atoms with van der Waals surface area (Å²) in [6, 6.07) is 2.88. The van der Waals surface area contributed by atoms with Gasteiger partial charge in [0.1, 0.15) is 5.75 Å². The number of aryl methyl sites for hydroxylation is 2. The second kappa shape index (κ2) is 6.22. The first kappa shape index (κ1) is 17.1. The minimum absolute atomic E-state index is 0.00167. The molecule has 0 bridgehead atoms. The summed E-state index contributed by atoms with van der Waals surface area (Å²) in [6.45, 7) is 3.00. The lowest BCUT2D eigenvalue weighted by Gasteiger charge is -2.12. The fraction of sp³-hybridized carbons (Fsp3) is 0.500. The number of hydrogen-bond acceptors (Lipinski definition) is 3. The molecule has 0 aromatic heterocycles. The smallest absolute Gasteiger partial charge is 0.389 e. The van der Waals surface area contributed by atoms with Crippen LogP contribution in [0.4, 0.5) is 13.2 Å². The van der Waals surface area contributed by atoms with Gasteiger partial charge in [-0.2, -0.15) is 13.2 Å². The average Bonchev–Trinajstić information content (AvgIpc) is 2.20. The first-order valence-corrected chi connectivity index (χ1v) is 8.07. The Hall–Kier alpha value is -0.950. The molecule has 114 valence electrons. The molecule has 0 unspecified atom stereocenters. The van der Waals surface area contributed by atoms with E-state index in [1.807, 2.05) is 0 Å². The summed E-state index contributed by atoms with van der Waals surface area (Å²) in [6.07, 6.45) is -5.28. The predicted octanol–water partition coefficient (Wildman–Crippen LogP) is 3.95. The predicted molar refractivity (Wildman–Crippen MR) is 69.7 cm³/mol. The average molecular weight is 331 g/mol. The zero-order valence-electron chi connectivity index (χ0n) is 10.9. The van der Waals surface area contributed by atoms with Crippen LogP contribution in [0.25, 0.3) is 0 Å². The summed E-state index contributed by atoms with van der Waals surface area (Å²) in [5, 5.41) is 0. The molecule has 0 radical (unpaired) electrons. The molecule has 0 heterocycles. The monoisotopic (exact) mass is 330 g/mol. The highest BCUT2D eigenvalue weighted by Crippen LogP contribution is 2.28. The Labute approximate surface area is 120 Å². The van der Waals surface area contributed by atoms with Crippen molar-refractivity contribution < 1.29 is 26.3 Å². The molecule has 0 aliphatic carbocycles. The van der Waals surface area contributed by atoms with Crippen molar-refractivity contribution in [3.05, 3.63) is 23.3 Å². The van der Waals surface area contributed by atoms with Crippen LogP contribution in [0.1, 0.15) is 24.0 Å². The zero-order valence-corrected chi connectivity index (χ0v) is 12.5. The van der Waals surface area contributed by atoms with Gasteiger partial charge in [0.15, 0.2) is 0 Å². The van der Waals surface area contributed by atoms with Gasteiger partial charge in [0.05, 0.1) is 11.5 Å². The minimum atomic E-state index is -4.20. The molecular formula is C12H14ClF3O3S. The van der Waals surface area contributed by atoms with E-state index in [2.05, 4.69) is 0 Å². The fourth-order valence-corrected chi connectivity index (χ4v) is 3.46. The van der Waals surface area contributed by atoms with E-state index >= 15 is 0 Å². The summed E-state index contributed by atoms with van der Waals surface area (Å²) in [5.41, 5.74) is 0.789. The number of benzene rings is 1. The summed E-state index contributed by atoms with van der Waals surface area (Å²) in [4.78, 5) is 0.00167. The van der Waals surface area contributed by atoms with Crippen LogP contribution in [0.15, 0.2) is 17.0 Å². The molecule has 0 saturated heterocycles. The van der Waals surface area contributed by atoms with Crippen LogP contribution in [0, 0.1) is 13.8 Å². The molecule has 1 aromatic carbocycles. The minimum Gasteiger partial charge on any atom is -0.494 e. The second-order valence-corrected chi connectivity index (χ2v) is 6.89. The lowest BCUT2D eigenvalue weighted by atomic mass is 10.1. The SMILES string of the molecule is Cc1cc(OCCCC(F)(F)F)cc(C)c1S(=O)(=O)Cl. The van der Waals surface area contributed by atoms with E-state index in [1.54, 1.807) is 13.8 Å². The highest BCUT2D eigenvalue weighted by molar-refractivity contribution is 8.13. The van der Waals surface area contributed by atoms with Gasteiger partial charge in [-0.15, -0.1) is 0 Å². The van der Waals surface area contributed by atoms with Crippen molar-refractivity contribution in [2.24, 2.45) is 0 Å². The molecule has 0 aliphatic rings. The van der Waals surface area contributed by atoms with Crippen molar-refractivity contribution in [3.8, 4) is 5.75 Å². The highest BCUT2D eigenvalue weighted by Gasteiger charge is 2.26. The van der Waals surface area contributed by atoms with Crippen LogP contribution in [0.5, 0.6) is 5.75 Å². The van der Waals surface area contributed by atoms with Gasteiger partial charge in [-0.25, -0.2) is 8.42 Å². The van der Waals surface area contributed by atoms with Gasteiger partial charge in [0, 0.05) is 17.1 Å². The Balaban J connectivity index is 2.76. The first-order chi connectivity index (χ1) is 9.00. The summed E-state index contributed by atoms with van der Waals surface area (Å²) < 4.78 is 63.8. The standard InChI is InChI=1S/C12H14ClF3O3S/c1-8-6-10(19-5-3-4-12(14,15)16)7-9(2)11(8)20(13,17)18/h6-7H,3-5H2,1-2H3. The number of rotatable bonds is 5. The number of ether oxygens (including phenoxy) is 1. The highest BCUT2D eigenvalue weighted by atomic mass is 35.7. The fourth-order valence-electron chi connectivity index (χ4n) is 1.84. The van der Waals surface area contributed by atoms with Crippen LogP contribution < -0.4 is 4.74 Å². The number of alkyl halides is 3. The van der Waals surface area contributed by atoms with Crippen molar-refractivity contribution in [2.75, 3.05) is 6.61 Å². The molecule has 3 nitrogen and oxygen atoms in total. The molecule has 0 atom stereocenters. The molecule has 0 N–H and O–H groups in total. The van der Waals surface area contributed by atoms with E-state index in [9.17, 15) is 21.6 Å². The Morgan fingerprint density at radius 3 is 2.10 bits per heavy atom. The van der Waals surface area contributed by atoms with Gasteiger partial charge in [0.25, 0.3) is 9.05 Å². The Bertz CT molecular complexity index is 559. The third kappa shape index (κ3) is 5.20. The lowest BCUT2D eigenvalue weighted by molar-refractivity contribution is -0.136. The van der Waals surface area contributed by atoms with E-state index in [1.165, 1.54) is 12.1 Å². The van der Waals surface area contributed by atoms with Crippen molar-refractivity contribution in [3.63, 3.8) is 0 Å². The van der Waals surface area contributed by atoms with E-state index in [4.69, 9.17) is 15.4 Å².